The molecule has 0 aliphatic heterocycles. The molecule has 0 spiro atoms. The summed E-state index contributed by atoms with van der Waals surface area (Å²) in [6, 6.07) is 0. The van der Waals surface area contributed by atoms with Gasteiger partial charge in [-0.15, -0.1) is 6.58 Å². The van der Waals surface area contributed by atoms with E-state index in [1.165, 1.54) is 6.08 Å². The monoisotopic (exact) mass is 267 g/mol. The van der Waals surface area contributed by atoms with Crippen molar-refractivity contribution in [2.24, 2.45) is 0 Å². The molecule has 0 radical (unpaired) electrons. The topological polar surface area (TPSA) is 110 Å². The predicted octanol–water partition coefficient (Wildman–Crippen LogP) is -0.391. The van der Waals surface area contributed by atoms with Gasteiger partial charge < -0.3 is 4.74 Å². The van der Waals surface area contributed by atoms with Crippen molar-refractivity contribution in [3.05, 3.63) is 45.3 Å². The number of nitrogens with zero attached hydrogens (tertiary/aromatic N) is 1. The molecule has 19 heavy (non-hydrogen) atoms. The molecule has 0 saturated heterocycles. The molecular formula is C11H13N3O5. The summed E-state index contributed by atoms with van der Waals surface area (Å²) in [5.41, 5.74) is -1.92. The van der Waals surface area contributed by atoms with Crippen molar-refractivity contribution < 1.29 is 14.3 Å². The highest BCUT2D eigenvalue weighted by Crippen LogP contribution is 1.90. The summed E-state index contributed by atoms with van der Waals surface area (Å²) in [5, 5.41) is 1.87. The van der Waals surface area contributed by atoms with Crippen molar-refractivity contribution in [1.29, 1.82) is 0 Å². The van der Waals surface area contributed by atoms with Crippen LogP contribution in [0, 0.1) is 0 Å². The van der Waals surface area contributed by atoms with Crippen LogP contribution in [0.4, 0.5) is 4.79 Å². The minimum absolute atomic E-state index is 0.0887. The Labute approximate surface area is 107 Å². The lowest BCUT2D eigenvalue weighted by molar-refractivity contribution is 0.0922. The van der Waals surface area contributed by atoms with E-state index in [4.69, 9.17) is 0 Å². The smallest absolute Gasteiger partial charge is 0.414 e. The maximum atomic E-state index is 11.6. The SMILES string of the molecule is C=CCn1cc(C(=O)NC(=O)OCC)c(=O)[nH]c1=O. The van der Waals surface area contributed by atoms with E-state index in [0.29, 0.717) is 0 Å². The van der Waals surface area contributed by atoms with Crippen molar-refractivity contribution >= 4 is 12.0 Å². The summed E-state index contributed by atoms with van der Waals surface area (Å²) >= 11 is 0. The van der Waals surface area contributed by atoms with E-state index >= 15 is 0 Å². The van der Waals surface area contributed by atoms with Gasteiger partial charge in [0.2, 0.25) is 0 Å². The third kappa shape index (κ3) is 3.66. The molecule has 102 valence electrons. The lowest BCUT2D eigenvalue weighted by atomic mass is 10.3. The molecule has 0 fully saturated rings. The molecule has 8 heteroatoms. The van der Waals surface area contributed by atoms with E-state index in [1.807, 2.05) is 10.3 Å². The Hall–Kier alpha value is -2.64. The van der Waals surface area contributed by atoms with E-state index in [0.717, 1.165) is 10.8 Å². The third-order valence-electron chi connectivity index (χ3n) is 2.07. The number of H-pyrrole nitrogens is 1. The standard InChI is InChI=1S/C11H13N3O5/c1-3-5-14-6-7(8(15)12-10(14)17)9(16)13-11(18)19-4-2/h3,6H,1,4-5H2,2H3,(H,12,15,17)(H,13,16,18). The largest absolute Gasteiger partial charge is 0.450 e. The van der Waals surface area contributed by atoms with Crippen molar-refractivity contribution in [2.45, 2.75) is 13.5 Å². The Morgan fingerprint density at radius 3 is 2.79 bits per heavy atom. The van der Waals surface area contributed by atoms with Gasteiger partial charge in [-0.2, -0.15) is 0 Å². The molecular weight excluding hydrogens is 254 g/mol. The summed E-state index contributed by atoms with van der Waals surface area (Å²) in [7, 11) is 0. The number of allylic oxidation sites excluding steroid dienone is 1. The second-order valence-electron chi connectivity index (χ2n) is 3.42. The van der Waals surface area contributed by atoms with E-state index in [1.54, 1.807) is 6.92 Å². The number of aromatic amines is 1. The Balaban J connectivity index is 3.06. The average molecular weight is 267 g/mol. The molecule has 0 aliphatic carbocycles. The van der Waals surface area contributed by atoms with Crippen LogP contribution in [0.1, 0.15) is 17.3 Å². The molecule has 0 aliphatic rings. The van der Waals surface area contributed by atoms with Gasteiger partial charge in [0.15, 0.2) is 0 Å². The summed E-state index contributed by atoms with van der Waals surface area (Å²) in [6.45, 7) is 5.22. The van der Waals surface area contributed by atoms with Crippen LogP contribution in [0.15, 0.2) is 28.4 Å². The average Bonchev–Trinajstić information content (AvgIpc) is 2.32. The lowest BCUT2D eigenvalue weighted by Gasteiger charge is -2.05. The fourth-order valence-corrected chi connectivity index (χ4v) is 1.27. The van der Waals surface area contributed by atoms with E-state index < -0.39 is 23.2 Å². The number of amides is 2. The second-order valence-corrected chi connectivity index (χ2v) is 3.42. The normalized spacial score (nSPS) is 9.74. The number of alkyl carbamates (subject to hydrolysis) is 1. The predicted molar refractivity (Wildman–Crippen MR) is 66.0 cm³/mol. The molecule has 1 heterocycles. The van der Waals surface area contributed by atoms with Gasteiger partial charge in [0.1, 0.15) is 5.56 Å². The number of ether oxygens (including phenoxy) is 1. The minimum atomic E-state index is -0.964. The van der Waals surface area contributed by atoms with Gasteiger partial charge in [-0.3, -0.25) is 24.5 Å². The molecule has 1 aromatic heterocycles. The molecule has 0 bridgehead atoms. The highest BCUT2D eigenvalue weighted by Gasteiger charge is 2.16. The fraction of sp³-hybridized carbons (Fsp3) is 0.273. The number of rotatable bonds is 4. The number of hydrogen-bond donors (Lipinski definition) is 2. The molecule has 0 saturated carbocycles. The molecule has 2 N–H and O–H groups in total. The van der Waals surface area contributed by atoms with Crippen molar-refractivity contribution in [3.8, 4) is 0 Å². The summed E-state index contributed by atoms with van der Waals surface area (Å²) in [5.74, 6) is -0.947. The van der Waals surface area contributed by atoms with Crippen molar-refractivity contribution in [1.82, 2.24) is 14.9 Å². The van der Waals surface area contributed by atoms with Crippen LogP contribution in [0.3, 0.4) is 0 Å². The lowest BCUT2D eigenvalue weighted by Crippen LogP contribution is -2.39. The molecule has 0 unspecified atom stereocenters. The second kappa shape index (κ2) is 6.34. The van der Waals surface area contributed by atoms with E-state index in [2.05, 4.69) is 11.3 Å². The zero-order chi connectivity index (χ0) is 14.4. The van der Waals surface area contributed by atoms with Crippen molar-refractivity contribution in [3.63, 3.8) is 0 Å². The first-order valence-corrected chi connectivity index (χ1v) is 5.42. The zero-order valence-electron chi connectivity index (χ0n) is 10.3. The van der Waals surface area contributed by atoms with Gasteiger partial charge in [0, 0.05) is 12.7 Å². The number of nitrogens with one attached hydrogen (secondary N) is 2. The first-order valence-electron chi connectivity index (χ1n) is 5.42. The number of aromatic nitrogens is 2. The Morgan fingerprint density at radius 1 is 1.53 bits per heavy atom. The van der Waals surface area contributed by atoms with Crippen LogP contribution in [0.25, 0.3) is 0 Å². The van der Waals surface area contributed by atoms with E-state index in [-0.39, 0.29) is 18.7 Å². The maximum Gasteiger partial charge on any atom is 0.414 e. The van der Waals surface area contributed by atoms with Crippen LogP contribution < -0.4 is 16.6 Å². The van der Waals surface area contributed by atoms with E-state index in [9.17, 15) is 19.2 Å². The number of carbonyl (C=O) groups is 2. The molecule has 8 nitrogen and oxygen atoms in total. The molecule has 2 amide bonds. The molecule has 1 aromatic rings. The number of hydrogen-bond acceptors (Lipinski definition) is 5. The Morgan fingerprint density at radius 2 is 2.21 bits per heavy atom. The fourth-order valence-electron chi connectivity index (χ4n) is 1.27. The van der Waals surface area contributed by atoms with Crippen LogP contribution in [0.5, 0.6) is 0 Å². The quantitative estimate of drug-likeness (QED) is 0.722. The van der Waals surface area contributed by atoms with Crippen LogP contribution in [-0.2, 0) is 11.3 Å². The summed E-state index contributed by atoms with van der Waals surface area (Å²) < 4.78 is 5.59. The molecule has 0 aromatic carbocycles. The first kappa shape index (κ1) is 14.4. The van der Waals surface area contributed by atoms with Gasteiger partial charge >= 0.3 is 11.8 Å². The van der Waals surface area contributed by atoms with Gasteiger partial charge in [-0.05, 0) is 6.92 Å². The maximum absolute atomic E-state index is 11.6. The van der Waals surface area contributed by atoms with Gasteiger partial charge in [-0.25, -0.2) is 9.59 Å². The number of imide groups is 1. The first-order chi connectivity index (χ1) is 8.99. The Bertz CT molecular complexity index is 613. The van der Waals surface area contributed by atoms with Gasteiger partial charge in [-0.1, -0.05) is 6.08 Å². The summed E-state index contributed by atoms with van der Waals surface area (Å²) in [4.78, 5) is 47.5. The highest BCUT2D eigenvalue weighted by molar-refractivity contribution is 6.02. The minimum Gasteiger partial charge on any atom is -0.450 e. The van der Waals surface area contributed by atoms with Gasteiger partial charge in [0.25, 0.3) is 11.5 Å². The number of carbonyl (C=O) groups excluding carboxylic acids is 2. The summed E-state index contributed by atoms with van der Waals surface area (Å²) in [6.07, 6.45) is 1.51. The van der Waals surface area contributed by atoms with Crippen LogP contribution >= 0.6 is 0 Å². The zero-order valence-corrected chi connectivity index (χ0v) is 10.3. The third-order valence-corrected chi connectivity index (χ3v) is 2.07. The molecule has 1 rings (SSSR count). The Kier molecular flexibility index (Phi) is 4.81. The van der Waals surface area contributed by atoms with Crippen LogP contribution in [0.2, 0.25) is 0 Å². The van der Waals surface area contributed by atoms with Gasteiger partial charge in [0.05, 0.1) is 6.61 Å². The molecule has 0 atom stereocenters. The van der Waals surface area contributed by atoms with Crippen molar-refractivity contribution in [2.75, 3.05) is 6.61 Å². The highest BCUT2D eigenvalue weighted by atomic mass is 16.5. The van der Waals surface area contributed by atoms with Crippen LogP contribution in [-0.4, -0.2) is 28.2 Å².